The molecule has 0 unspecified atom stereocenters. The highest BCUT2D eigenvalue weighted by Crippen LogP contribution is 2.30. The minimum atomic E-state index is -0.147. The summed E-state index contributed by atoms with van der Waals surface area (Å²) in [5.74, 6) is 0.376. The van der Waals surface area contributed by atoms with Gasteiger partial charge in [-0.3, -0.25) is 0 Å². The zero-order valence-corrected chi connectivity index (χ0v) is 12.4. The van der Waals surface area contributed by atoms with Gasteiger partial charge in [-0.05, 0) is 43.9 Å². The second kappa shape index (κ2) is 7.04. The van der Waals surface area contributed by atoms with Crippen LogP contribution < -0.4 is 10.2 Å². The van der Waals surface area contributed by atoms with Crippen molar-refractivity contribution in [3.05, 3.63) is 29.6 Å². The van der Waals surface area contributed by atoms with Gasteiger partial charge in [0.25, 0.3) is 0 Å². The van der Waals surface area contributed by atoms with Crippen LogP contribution in [0.2, 0.25) is 0 Å². The molecule has 0 spiro atoms. The standard InChI is InChI=1S/C16H25FN2O/c1-3-7-18-10-14-15(17)5-4-6-16(14)19(2)11-12-8-13(20)9-12/h4-6,12-13,18,20H,3,7-11H2,1-2H3. The molecular weight excluding hydrogens is 255 g/mol. The molecule has 1 aliphatic carbocycles. The molecule has 0 saturated heterocycles. The summed E-state index contributed by atoms with van der Waals surface area (Å²) in [5.41, 5.74) is 1.69. The number of halogens is 1. The van der Waals surface area contributed by atoms with Crippen molar-refractivity contribution >= 4 is 5.69 Å². The van der Waals surface area contributed by atoms with E-state index in [2.05, 4.69) is 17.1 Å². The Balaban J connectivity index is 2.03. The van der Waals surface area contributed by atoms with Crippen LogP contribution in [0.4, 0.5) is 10.1 Å². The Morgan fingerprint density at radius 2 is 2.15 bits per heavy atom. The van der Waals surface area contributed by atoms with Gasteiger partial charge in [0.15, 0.2) is 0 Å². The number of nitrogens with one attached hydrogen (secondary N) is 1. The van der Waals surface area contributed by atoms with Crippen LogP contribution in [0.15, 0.2) is 18.2 Å². The number of hydrogen-bond donors (Lipinski definition) is 2. The van der Waals surface area contributed by atoms with Crippen molar-refractivity contribution in [1.29, 1.82) is 0 Å². The maximum atomic E-state index is 14.0. The lowest BCUT2D eigenvalue weighted by Crippen LogP contribution is -2.37. The molecule has 1 saturated carbocycles. The van der Waals surface area contributed by atoms with E-state index in [4.69, 9.17) is 0 Å². The van der Waals surface area contributed by atoms with Crippen molar-refractivity contribution in [3.8, 4) is 0 Å². The van der Waals surface area contributed by atoms with E-state index in [1.165, 1.54) is 6.07 Å². The van der Waals surface area contributed by atoms with Crippen molar-refractivity contribution in [2.24, 2.45) is 5.92 Å². The number of hydrogen-bond acceptors (Lipinski definition) is 3. The van der Waals surface area contributed by atoms with Crippen LogP contribution in [-0.2, 0) is 6.54 Å². The molecular formula is C16H25FN2O. The minimum absolute atomic E-state index is 0.133. The smallest absolute Gasteiger partial charge is 0.129 e. The summed E-state index contributed by atoms with van der Waals surface area (Å²) >= 11 is 0. The van der Waals surface area contributed by atoms with Crippen molar-refractivity contribution < 1.29 is 9.50 Å². The molecule has 1 aliphatic rings. The van der Waals surface area contributed by atoms with Crippen LogP contribution in [-0.4, -0.2) is 31.3 Å². The van der Waals surface area contributed by atoms with Gasteiger partial charge in [0, 0.05) is 31.4 Å². The molecule has 0 aliphatic heterocycles. The first-order chi connectivity index (χ1) is 9.61. The van der Waals surface area contributed by atoms with E-state index in [-0.39, 0.29) is 11.9 Å². The molecule has 0 heterocycles. The Kier molecular flexibility index (Phi) is 5.38. The van der Waals surface area contributed by atoms with Crippen molar-refractivity contribution in [2.75, 3.05) is 25.0 Å². The molecule has 1 aromatic carbocycles. The highest BCUT2D eigenvalue weighted by atomic mass is 19.1. The third-order valence-corrected chi connectivity index (χ3v) is 3.98. The van der Waals surface area contributed by atoms with Gasteiger partial charge in [-0.25, -0.2) is 4.39 Å². The van der Waals surface area contributed by atoms with E-state index in [1.54, 1.807) is 6.07 Å². The predicted molar refractivity (Wildman–Crippen MR) is 80.4 cm³/mol. The molecule has 2 rings (SSSR count). The second-order valence-corrected chi connectivity index (χ2v) is 5.79. The molecule has 0 amide bonds. The second-order valence-electron chi connectivity index (χ2n) is 5.79. The average molecular weight is 280 g/mol. The first-order valence-corrected chi connectivity index (χ1v) is 7.49. The fraction of sp³-hybridized carbons (Fsp3) is 0.625. The fourth-order valence-corrected chi connectivity index (χ4v) is 2.81. The van der Waals surface area contributed by atoms with Gasteiger partial charge in [0.2, 0.25) is 0 Å². The Hall–Kier alpha value is -1.13. The lowest BCUT2D eigenvalue weighted by atomic mass is 9.82. The third kappa shape index (κ3) is 3.70. The van der Waals surface area contributed by atoms with E-state index >= 15 is 0 Å². The molecule has 4 heteroatoms. The van der Waals surface area contributed by atoms with Gasteiger partial charge in [-0.1, -0.05) is 13.0 Å². The summed E-state index contributed by atoms with van der Waals surface area (Å²) in [4.78, 5) is 2.11. The quantitative estimate of drug-likeness (QED) is 0.753. The molecule has 1 fully saturated rings. The van der Waals surface area contributed by atoms with Crippen molar-refractivity contribution in [3.63, 3.8) is 0 Å². The number of aliphatic hydroxyl groups excluding tert-OH is 1. The zero-order chi connectivity index (χ0) is 14.5. The zero-order valence-electron chi connectivity index (χ0n) is 12.4. The monoisotopic (exact) mass is 280 g/mol. The summed E-state index contributed by atoms with van der Waals surface area (Å²) in [6.07, 6.45) is 2.64. The first kappa shape index (κ1) is 15.3. The Labute approximate surface area is 120 Å². The van der Waals surface area contributed by atoms with Crippen LogP contribution in [0.3, 0.4) is 0 Å². The van der Waals surface area contributed by atoms with E-state index in [0.717, 1.165) is 43.6 Å². The van der Waals surface area contributed by atoms with Gasteiger partial charge >= 0.3 is 0 Å². The predicted octanol–water partition coefficient (Wildman–Crippen LogP) is 2.53. The molecule has 20 heavy (non-hydrogen) atoms. The van der Waals surface area contributed by atoms with E-state index in [1.807, 2.05) is 13.1 Å². The van der Waals surface area contributed by atoms with E-state index in [0.29, 0.717) is 12.5 Å². The summed E-state index contributed by atoms with van der Waals surface area (Å²) in [7, 11) is 2.00. The number of nitrogens with zero attached hydrogens (tertiary/aromatic N) is 1. The lowest BCUT2D eigenvalue weighted by molar-refractivity contribution is 0.0464. The third-order valence-electron chi connectivity index (χ3n) is 3.98. The SMILES string of the molecule is CCCNCc1c(F)cccc1N(C)CC1CC(O)C1. The molecule has 0 aromatic heterocycles. The molecule has 0 radical (unpaired) electrons. The maximum absolute atomic E-state index is 14.0. The first-order valence-electron chi connectivity index (χ1n) is 7.49. The summed E-state index contributed by atoms with van der Waals surface area (Å²) < 4.78 is 14.0. The van der Waals surface area contributed by atoms with Crippen molar-refractivity contribution in [2.45, 2.75) is 38.8 Å². The molecule has 1 aromatic rings. The molecule has 3 nitrogen and oxygen atoms in total. The van der Waals surface area contributed by atoms with Gasteiger partial charge in [-0.2, -0.15) is 0 Å². The number of rotatable bonds is 7. The van der Waals surface area contributed by atoms with Gasteiger partial charge in [-0.15, -0.1) is 0 Å². The maximum Gasteiger partial charge on any atom is 0.129 e. The topological polar surface area (TPSA) is 35.5 Å². The van der Waals surface area contributed by atoms with Crippen LogP contribution in [0.25, 0.3) is 0 Å². The van der Waals surface area contributed by atoms with Crippen LogP contribution in [0, 0.1) is 11.7 Å². The highest BCUT2D eigenvalue weighted by Gasteiger charge is 2.28. The number of aliphatic hydroxyl groups is 1. The molecule has 2 N–H and O–H groups in total. The Bertz CT molecular complexity index is 432. The Morgan fingerprint density at radius 1 is 1.40 bits per heavy atom. The average Bonchev–Trinajstić information content (AvgIpc) is 2.39. The van der Waals surface area contributed by atoms with Crippen LogP contribution in [0.1, 0.15) is 31.7 Å². The van der Waals surface area contributed by atoms with Crippen molar-refractivity contribution in [1.82, 2.24) is 5.32 Å². The van der Waals surface area contributed by atoms with Gasteiger partial charge in [0.1, 0.15) is 5.82 Å². The largest absolute Gasteiger partial charge is 0.393 e. The summed E-state index contributed by atoms with van der Waals surface area (Å²) in [6.45, 7) is 4.43. The van der Waals surface area contributed by atoms with E-state index < -0.39 is 0 Å². The lowest BCUT2D eigenvalue weighted by Gasteiger charge is -2.35. The number of benzene rings is 1. The minimum Gasteiger partial charge on any atom is -0.393 e. The summed E-state index contributed by atoms with van der Waals surface area (Å²) in [5, 5.41) is 12.6. The molecule has 0 bridgehead atoms. The molecule has 112 valence electrons. The van der Waals surface area contributed by atoms with Gasteiger partial charge < -0.3 is 15.3 Å². The summed E-state index contributed by atoms with van der Waals surface area (Å²) in [6, 6.07) is 5.26. The highest BCUT2D eigenvalue weighted by molar-refractivity contribution is 5.53. The number of anilines is 1. The normalized spacial score (nSPS) is 21.6. The van der Waals surface area contributed by atoms with Crippen LogP contribution in [0.5, 0.6) is 0 Å². The van der Waals surface area contributed by atoms with Gasteiger partial charge in [0.05, 0.1) is 6.10 Å². The molecule has 0 atom stereocenters. The Morgan fingerprint density at radius 3 is 2.80 bits per heavy atom. The van der Waals surface area contributed by atoms with E-state index in [9.17, 15) is 9.50 Å². The fourth-order valence-electron chi connectivity index (χ4n) is 2.81. The van der Waals surface area contributed by atoms with Crippen LogP contribution >= 0.6 is 0 Å².